The van der Waals surface area contributed by atoms with Crippen molar-refractivity contribution >= 4 is 19.8 Å². The number of hydrogen-bond donors (Lipinski definition) is 1. The number of likely N-dealkylation sites (N-methyl/N-ethyl adjacent to an activating group) is 1. The topological polar surface area (TPSA) is 108 Å². The van der Waals surface area contributed by atoms with Crippen LogP contribution >= 0.6 is 7.82 Å². The highest BCUT2D eigenvalue weighted by molar-refractivity contribution is 7.47. The molecule has 0 aliphatic carbocycles. The molecule has 0 fully saturated rings. The predicted molar refractivity (Wildman–Crippen MR) is 289 cm³/mol. The lowest BCUT2D eigenvalue weighted by molar-refractivity contribution is -0.870. The van der Waals surface area contributed by atoms with Crippen molar-refractivity contribution in [3.63, 3.8) is 0 Å². The number of phosphoric ester groups is 1. The Morgan fingerprint density at radius 2 is 0.838 bits per heavy atom. The molecular formula is C58H105NO8P+. The van der Waals surface area contributed by atoms with Gasteiger partial charge < -0.3 is 18.9 Å². The molecule has 0 bridgehead atoms. The molecule has 0 spiro atoms. The number of phosphoric acid groups is 1. The molecule has 2 unspecified atom stereocenters. The second-order valence-corrected chi connectivity index (χ2v) is 21.0. The van der Waals surface area contributed by atoms with Crippen LogP contribution in [0.4, 0.5) is 0 Å². The minimum absolute atomic E-state index is 0.0261. The average Bonchev–Trinajstić information content (AvgIpc) is 3.30. The van der Waals surface area contributed by atoms with E-state index in [0.717, 1.165) is 77.0 Å². The number of esters is 2. The number of hydrogen-bond acceptors (Lipinski definition) is 7. The van der Waals surface area contributed by atoms with Gasteiger partial charge in [-0.1, -0.05) is 209 Å². The molecule has 0 aliphatic heterocycles. The largest absolute Gasteiger partial charge is 0.472 e. The molecule has 0 amide bonds. The first-order chi connectivity index (χ1) is 33.0. The van der Waals surface area contributed by atoms with E-state index in [2.05, 4.69) is 86.8 Å². The van der Waals surface area contributed by atoms with Gasteiger partial charge in [0.15, 0.2) is 6.10 Å². The zero-order valence-electron chi connectivity index (χ0n) is 44.6. The van der Waals surface area contributed by atoms with Gasteiger partial charge in [0.05, 0.1) is 27.7 Å². The van der Waals surface area contributed by atoms with Crippen LogP contribution in [0.2, 0.25) is 0 Å². The molecule has 0 heterocycles. The Morgan fingerprint density at radius 1 is 0.471 bits per heavy atom. The van der Waals surface area contributed by atoms with Crippen molar-refractivity contribution in [1.29, 1.82) is 0 Å². The van der Waals surface area contributed by atoms with Crippen LogP contribution in [0.5, 0.6) is 0 Å². The van der Waals surface area contributed by atoms with Gasteiger partial charge in [0, 0.05) is 12.8 Å². The van der Waals surface area contributed by atoms with E-state index in [1.165, 1.54) is 122 Å². The minimum Gasteiger partial charge on any atom is -0.462 e. The fourth-order valence-corrected chi connectivity index (χ4v) is 8.19. The van der Waals surface area contributed by atoms with Crippen molar-refractivity contribution in [2.75, 3.05) is 47.5 Å². The Labute approximate surface area is 418 Å². The Kier molecular flexibility index (Phi) is 47.6. The predicted octanol–water partition coefficient (Wildman–Crippen LogP) is 16.9. The highest BCUT2D eigenvalue weighted by Crippen LogP contribution is 2.43. The van der Waals surface area contributed by atoms with Crippen LogP contribution in [0.1, 0.15) is 232 Å². The van der Waals surface area contributed by atoms with Crippen LogP contribution < -0.4 is 0 Å². The summed E-state index contributed by atoms with van der Waals surface area (Å²) < 4.78 is 34.5. The molecule has 0 aliphatic rings. The van der Waals surface area contributed by atoms with E-state index in [0.29, 0.717) is 17.4 Å². The zero-order valence-corrected chi connectivity index (χ0v) is 45.5. The molecule has 2 atom stereocenters. The number of rotatable bonds is 50. The van der Waals surface area contributed by atoms with Crippen LogP contribution in [0.25, 0.3) is 0 Å². The van der Waals surface area contributed by atoms with Gasteiger partial charge in [0.2, 0.25) is 0 Å². The molecule has 0 saturated heterocycles. The third kappa shape index (κ3) is 52.8. The SMILES string of the molecule is CC/C=C\C/C=C\C/C=C\C/C=C\C/C=C\CCCCCCCCCC(=O)OC(COC(=O)CCCCCCCCCCC/C=C\CCCCCCCCCC)COP(=O)(O)OCC[N+](C)(C)C. The second-order valence-electron chi connectivity index (χ2n) is 19.6. The quantitative estimate of drug-likeness (QED) is 0.0211. The monoisotopic (exact) mass is 975 g/mol. The molecule has 0 aromatic rings. The fraction of sp³-hybridized carbons (Fsp3) is 0.759. The first-order valence-electron chi connectivity index (χ1n) is 27.7. The van der Waals surface area contributed by atoms with E-state index in [1.54, 1.807) is 0 Å². The van der Waals surface area contributed by atoms with Crippen molar-refractivity contribution in [3.05, 3.63) is 72.9 Å². The number of ether oxygens (including phenoxy) is 2. The molecule has 1 N–H and O–H groups in total. The van der Waals surface area contributed by atoms with Gasteiger partial charge in [-0.15, -0.1) is 0 Å². The van der Waals surface area contributed by atoms with Crippen LogP contribution in [0.3, 0.4) is 0 Å². The van der Waals surface area contributed by atoms with Crippen molar-refractivity contribution in [2.24, 2.45) is 0 Å². The van der Waals surface area contributed by atoms with E-state index in [1.807, 2.05) is 21.1 Å². The van der Waals surface area contributed by atoms with E-state index >= 15 is 0 Å². The normalized spacial score (nSPS) is 13.9. The minimum atomic E-state index is -4.39. The molecule has 0 rings (SSSR count). The lowest BCUT2D eigenvalue weighted by Crippen LogP contribution is -2.37. The molecule has 394 valence electrons. The molecule has 0 radical (unpaired) electrons. The van der Waals surface area contributed by atoms with Gasteiger partial charge in [-0.3, -0.25) is 18.6 Å². The lowest BCUT2D eigenvalue weighted by atomic mass is 10.1. The summed E-state index contributed by atoms with van der Waals surface area (Å²) in [7, 11) is 1.46. The molecule has 68 heavy (non-hydrogen) atoms. The first-order valence-corrected chi connectivity index (χ1v) is 29.2. The summed E-state index contributed by atoms with van der Waals surface area (Å²) in [5.74, 6) is -0.811. The van der Waals surface area contributed by atoms with E-state index < -0.39 is 26.5 Å². The lowest BCUT2D eigenvalue weighted by Gasteiger charge is -2.24. The average molecular weight is 975 g/mol. The van der Waals surface area contributed by atoms with E-state index in [4.69, 9.17) is 18.5 Å². The molecule has 9 nitrogen and oxygen atoms in total. The maximum atomic E-state index is 12.8. The number of allylic oxidation sites excluding steroid dienone is 12. The van der Waals surface area contributed by atoms with Crippen molar-refractivity contribution in [3.8, 4) is 0 Å². The maximum absolute atomic E-state index is 12.8. The van der Waals surface area contributed by atoms with Crippen LogP contribution in [-0.2, 0) is 32.7 Å². The van der Waals surface area contributed by atoms with Crippen LogP contribution in [-0.4, -0.2) is 74.9 Å². The van der Waals surface area contributed by atoms with Crippen molar-refractivity contribution < 1.29 is 42.1 Å². The first kappa shape index (κ1) is 65.5. The van der Waals surface area contributed by atoms with E-state index in [-0.39, 0.29) is 32.0 Å². The molecule has 0 aromatic carbocycles. The Morgan fingerprint density at radius 3 is 1.26 bits per heavy atom. The van der Waals surface area contributed by atoms with Crippen molar-refractivity contribution in [2.45, 2.75) is 238 Å². The summed E-state index contributed by atoms with van der Waals surface area (Å²) in [5.41, 5.74) is 0. The zero-order chi connectivity index (χ0) is 49.9. The van der Waals surface area contributed by atoms with Crippen molar-refractivity contribution in [1.82, 2.24) is 0 Å². The smallest absolute Gasteiger partial charge is 0.462 e. The third-order valence-electron chi connectivity index (χ3n) is 11.7. The second kappa shape index (κ2) is 49.4. The maximum Gasteiger partial charge on any atom is 0.472 e. The standard InChI is InChI=1S/C58H104NO8P/c1-6-8-10-12-14-16-18-20-22-24-26-28-29-31-33-35-37-39-41-43-45-47-49-51-58(61)67-56(55-66-68(62,63)65-53-52-59(3,4)5)54-64-57(60)50-48-46-44-42-40-38-36-34-32-30-27-25-23-21-19-17-15-13-11-9-7-2/h8,10,14,16,20,22,25-28,31,33,56H,6-7,9,11-13,15,17-19,21,23-24,29-30,32,34-55H2,1-5H3/p+1/b10-8-,16-14-,22-20-,27-25-,28-26-,33-31-. The van der Waals surface area contributed by atoms with Gasteiger partial charge in [0.25, 0.3) is 0 Å². The molecule has 0 aromatic heterocycles. The molecule has 10 heteroatoms. The number of carbonyl (C=O) groups is 2. The number of quaternary nitrogens is 1. The Bertz CT molecular complexity index is 1380. The summed E-state index contributed by atoms with van der Waals surface area (Å²) in [6.07, 6.45) is 63.8. The highest BCUT2D eigenvalue weighted by Gasteiger charge is 2.27. The molecule has 0 saturated carbocycles. The Hall–Kier alpha value is -2.55. The van der Waals surface area contributed by atoms with Crippen LogP contribution in [0, 0.1) is 0 Å². The summed E-state index contributed by atoms with van der Waals surface area (Å²) in [5, 5.41) is 0. The summed E-state index contributed by atoms with van der Waals surface area (Å²) in [6, 6.07) is 0. The number of carbonyl (C=O) groups excluding carboxylic acids is 2. The van der Waals surface area contributed by atoms with Gasteiger partial charge in [0.1, 0.15) is 19.8 Å². The van der Waals surface area contributed by atoms with Gasteiger partial charge in [-0.25, -0.2) is 4.57 Å². The number of unbranched alkanes of at least 4 members (excludes halogenated alkanes) is 24. The Balaban J connectivity index is 4.24. The van der Waals surface area contributed by atoms with Crippen LogP contribution in [0.15, 0.2) is 72.9 Å². The van der Waals surface area contributed by atoms with Gasteiger partial charge in [-0.2, -0.15) is 0 Å². The molecular weight excluding hydrogens is 870 g/mol. The highest BCUT2D eigenvalue weighted by atomic mass is 31.2. The summed E-state index contributed by atoms with van der Waals surface area (Å²) >= 11 is 0. The van der Waals surface area contributed by atoms with E-state index in [9.17, 15) is 19.0 Å². The third-order valence-corrected chi connectivity index (χ3v) is 12.7. The summed E-state index contributed by atoms with van der Waals surface area (Å²) in [4.78, 5) is 35.6. The van der Waals surface area contributed by atoms with Gasteiger partial charge >= 0.3 is 19.8 Å². The summed E-state index contributed by atoms with van der Waals surface area (Å²) in [6.45, 7) is 4.31. The number of nitrogens with zero attached hydrogens (tertiary/aromatic N) is 1. The fourth-order valence-electron chi connectivity index (χ4n) is 7.45. The van der Waals surface area contributed by atoms with Gasteiger partial charge in [-0.05, 0) is 83.5 Å².